The van der Waals surface area contributed by atoms with Gasteiger partial charge in [0.05, 0.1) is 18.2 Å². The van der Waals surface area contributed by atoms with Gasteiger partial charge in [-0.3, -0.25) is 14.4 Å². The number of rotatable bonds is 7. The van der Waals surface area contributed by atoms with Gasteiger partial charge in [-0.1, -0.05) is 54.1 Å². The second-order valence-electron chi connectivity index (χ2n) is 8.60. The minimum absolute atomic E-state index is 0.159. The number of carbonyl (C=O) groups is 3. The quantitative estimate of drug-likeness (QED) is 0.235. The topological polar surface area (TPSA) is 101 Å². The van der Waals surface area contributed by atoms with Crippen LogP contribution in [0.3, 0.4) is 0 Å². The van der Waals surface area contributed by atoms with Crippen LogP contribution in [0.5, 0.6) is 0 Å². The molecular formula is C30H24ClF4N3O3. The summed E-state index contributed by atoms with van der Waals surface area (Å²) in [5, 5.41) is 5.46. The van der Waals surface area contributed by atoms with E-state index in [1.165, 1.54) is 24.3 Å². The molecule has 4 N–H and O–H groups in total. The Balaban J connectivity index is 0.000000436. The molecule has 0 heterocycles. The van der Waals surface area contributed by atoms with Crippen LogP contribution in [0.15, 0.2) is 103 Å². The van der Waals surface area contributed by atoms with E-state index in [1.54, 1.807) is 48.5 Å². The van der Waals surface area contributed by atoms with Gasteiger partial charge in [-0.05, 0) is 71.8 Å². The van der Waals surface area contributed by atoms with E-state index >= 15 is 0 Å². The number of alkyl halides is 3. The van der Waals surface area contributed by atoms with Crippen molar-refractivity contribution in [2.24, 2.45) is 5.73 Å². The summed E-state index contributed by atoms with van der Waals surface area (Å²) in [6.07, 6.45) is -4.55. The van der Waals surface area contributed by atoms with E-state index in [9.17, 15) is 31.9 Å². The van der Waals surface area contributed by atoms with Gasteiger partial charge in [0.25, 0.3) is 5.91 Å². The van der Waals surface area contributed by atoms with Crippen LogP contribution in [0.2, 0.25) is 5.02 Å². The highest BCUT2D eigenvalue weighted by Crippen LogP contribution is 2.32. The zero-order valence-corrected chi connectivity index (χ0v) is 22.0. The summed E-state index contributed by atoms with van der Waals surface area (Å²) in [5.74, 6) is -2.11. The van der Waals surface area contributed by atoms with Gasteiger partial charge in [-0.2, -0.15) is 13.2 Å². The van der Waals surface area contributed by atoms with Crippen LogP contribution in [0.25, 0.3) is 0 Å². The molecule has 0 aliphatic heterocycles. The molecule has 0 spiro atoms. The summed E-state index contributed by atoms with van der Waals surface area (Å²) in [5.41, 5.74) is 5.55. The molecule has 0 aliphatic carbocycles. The molecule has 4 rings (SSSR count). The Labute approximate surface area is 238 Å². The fourth-order valence-electron chi connectivity index (χ4n) is 3.59. The lowest BCUT2D eigenvalue weighted by Crippen LogP contribution is -2.39. The molecule has 0 aromatic heterocycles. The highest BCUT2D eigenvalue weighted by Gasteiger charge is 2.31. The molecule has 11 heteroatoms. The average Bonchev–Trinajstić information content (AvgIpc) is 2.96. The van der Waals surface area contributed by atoms with Crippen LogP contribution in [0, 0.1) is 5.82 Å². The van der Waals surface area contributed by atoms with Crippen molar-refractivity contribution in [3.05, 3.63) is 142 Å². The predicted molar refractivity (Wildman–Crippen MR) is 147 cm³/mol. The third kappa shape index (κ3) is 9.47. The molecule has 0 radical (unpaired) electrons. The Hall–Kier alpha value is -4.70. The van der Waals surface area contributed by atoms with Crippen molar-refractivity contribution < 1.29 is 31.9 Å². The number of nitrogens with one attached hydrogen (secondary N) is 2. The van der Waals surface area contributed by atoms with Crippen molar-refractivity contribution in [3.8, 4) is 0 Å². The van der Waals surface area contributed by atoms with Gasteiger partial charge < -0.3 is 16.4 Å². The molecule has 4 aromatic carbocycles. The average molecular weight is 586 g/mol. The number of primary amides is 1. The maximum absolute atomic E-state index is 13.2. The predicted octanol–water partition coefficient (Wildman–Crippen LogP) is 5.92. The molecule has 0 fully saturated rings. The second-order valence-corrected chi connectivity index (χ2v) is 9.03. The molecule has 4 aromatic rings. The lowest BCUT2D eigenvalue weighted by Gasteiger charge is -2.21. The second kappa shape index (κ2) is 14.1. The zero-order valence-electron chi connectivity index (χ0n) is 21.3. The largest absolute Gasteiger partial charge is 0.416 e. The number of amides is 3. The highest BCUT2D eigenvalue weighted by atomic mass is 35.5. The van der Waals surface area contributed by atoms with E-state index in [1.807, 2.05) is 6.07 Å². The van der Waals surface area contributed by atoms with Gasteiger partial charge in [-0.15, -0.1) is 0 Å². The number of nitrogens with two attached hydrogens (primary N) is 1. The summed E-state index contributed by atoms with van der Waals surface area (Å²) in [6, 6.07) is 23.5. The van der Waals surface area contributed by atoms with Gasteiger partial charge >= 0.3 is 6.18 Å². The fraction of sp³-hybridized carbons (Fsp3) is 0.100. The molecule has 1 unspecified atom stereocenters. The molecule has 0 saturated carbocycles. The minimum Gasteiger partial charge on any atom is -0.366 e. The summed E-state index contributed by atoms with van der Waals surface area (Å²) >= 11 is 5.90. The molecule has 212 valence electrons. The minimum atomic E-state index is -4.55. The number of hydrogen-bond acceptors (Lipinski definition) is 3. The Bertz CT molecular complexity index is 1480. The summed E-state index contributed by atoms with van der Waals surface area (Å²) < 4.78 is 52.5. The highest BCUT2D eigenvalue weighted by molar-refractivity contribution is 6.30. The first-order valence-electron chi connectivity index (χ1n) is 12.0. The lowest BCUT2D eigenvalue weighted by molar-refractivity contribution is -0.137. The van der Waals surface area contributed by atoms with Crippen LogP contribution in [0.4, 0.5) is 17.6 Å². The fourth-order valence-corrected chi connectivity index (χ4v) is 3.71. The first-order chi connectivity index (χ1) is 19.4. The molecule has 0 aliphatic rings. The van der Waals surface area contributed by atoms with E-state index in [0.717, 1.165) is 24.3 Å². The van der Waals surface area contributed by atoms with Crippen LogP contribution in [-0.2, 0) is 11.0 Å². The first kappa shape index (κ1) is 30.8. The molecule has 0 bridgehead atoms. The summed E-state index contributed by atoms with van der Waals surface area (Å²) in [6.45, 7) is -0.431. The van der Waals surface area contributed by atoms with E-state index in [0.29, 0.717) is 16.1 Å². The maximum Gasteiger partial charge on any atom is 0.416 e. The van der Waals surface area contributed by atoms with E-state index < -0.39 is 42.0 Å². The third-order valence-corrected chi connectivity index (χ3v) is 5.88. The van der Waals surface area contributed by atoms with Gasteiger partial charge in [0.15, 0.2) is 0 Å². The lowest BCUT2D eigenvalue weighted by atomic mass is 9.97. The molecule has 41 heavy (non-hydrogen) atoms. The molecule has 3 amide bonds. The van der Waals surface area contributed by atoms with Crippen LogP contribution >= 0.6 is 11.6 Å². The Morgan fingerprint density at radius 1 is 0.780 bits per heavy atom. The van der Waals surface area contributed by atoms with E-state index in [-0.39, 0.29) is 17.0 Å². The molecule has 1 atom stereocenters. The van der Waals surface area contributed by atoms with Gasteiger partial charge in [0, 0.05) is 16.1 Å². The van der Waals surface area contributed by atoms with Crippen LogP contribution < -0.4 is 16.4 Å². The Morgan fingerprint density at radius 3 is 1.98 bits per heavy atom. The van der Waals surface area contributed by atoms with E-state index in [4.69, 9.17) is 17.3 Å². The summed E-state index contributed by atoms with van der Waals surface area (Å²) in [4.78, 5) is 35.1. The van der Waals surface area contributed by atoms with Crippen molar-refractivity contribution in [1.29, 1.82) is 0 Å². The van der Waals surface area contributed by atoms with Crippen molar-refractivity contribution >= 4 is 29.3 Å². The molecule has 6 nitrogen and oxygen atoms in total. The monoisotopic (exact) mass is 585 g/mol. The molecule has 0 saturated heterocycles. The SMILES string of the molecule is NC(=O)c1ccccc1.O=C(CNC(=O)c1ccc(F)cc1)NC(c1ccc(Cl)cc1)c1cccc(C(F)(F)F)c1. The van der Waals surface area contributed by atoms with Crippen molar-refractivity contribution in [2.45, 2.75) is 12.2 Å². The Morgan fingerprint density at radius 2 is 1.41 bits per heavy atom. The number of benzene rings is 4. The van der Waals surface area contributed by atoms with Gasteiger partial charge in [-0.25, -0.2) is 4.39 Å². The standard InChI is InChI=1S/C23H17ClF4N2O2.C7H7NO/c24-18-8-4-14(5-9-18)21(16-2-1-3-17(12-16)23(26,27)28)30-20(31)13-29-22(32)15-6-10-19(25)11-7-15;8-7(9)6-4-2-1-3-5-6/h1-12,21H,13H2,(H,29,32)(H,30,31);1-5H,(H2,8,9). The Kier molecular flexibility index (Phi) is 10.6. The van der Waals surface area contributed by atoms with Crippen molar-refractivity contribution in [1.82, 2.24) is 10.6 Å². The number of halogens is 5. The first-order valence-corrected chi connectivity index (χ1v) is 12.4. The van der Waals surface area contributed by atoms with Crippen molar-refractivity contribution in [3.63, 3.8) is 0 Å². The van der Waals surface area contributed by atoms with Gasteiger partial charge in [0.2, 0.25) is 11.8 Å². The van der Waals surface area contributed by atoms with Gasteiger partial charge in [0.1, 0.15) is 5.82 Å². The smallest absolute Gasteiger partial charge is 0.366 e. The number of hydrogen-bond donors (Lipinski definition) is 3. The number of carbonyl (C=O) groups excluding carboxylic acids is 3. The van der Waals surface area contributed by atoms with Crippen LogP contribution in [0.1, 0.15) is 43.4 Å². The van der Waals surface area contributed by atoms with E-state index in [2.05, 4.69) is 10.6 Å². The zero-order chi connectivity index (χ0) is 30.0. The maximum atomic E-state index is 13.2. The molecular weight excluding hydrogens is 562 g/mol. The normalized spacial score (nSPS) is 11.4. The summed E-state index contributed by atoms with van der Waals surface area (Å²) in [7, 11) is 0. The third-order valence-electron chi connectivity index (χ3n) is 5.63. The van der Waals surface area contributed by atoms with Crippen LogP contribution in [-0.4, -0.2) is 24.3 Å². The van der Waals surface area contributed by atoms with Crippen molar-refractivity contribution in [2.75, 3.05) is 6.54 Å².